The molecule has 0 aliphatic rings. The highest BCUT2D eigenvalue weighted by molar-refractivity contribution is 6.34. The van der Waals surface area contributed by atoms with Gasteiger partial charge in [-0.05, 0) is 36.8 Å². The molecular weight excluding hydrogens is 295 g/mol. The van der Waals surface area contributed by atoms with Crippen LogP contribution in [0.2, 0.25) is 5.02 Å². The van der Waals surface area contributed by atoms with Crippen LogP contribution in [0.3, 0.4) is 0 Å². The maximum Gasteiger partial charge on any atom is 0.193 e. The molecule has 0 saturated carbocycles. The van der Waals surface area contributed by atoms with Gasteiger partial charge >= 0.3 is 0 Å². The summed E-state index contributed by atoms with van der Waals surface area (Å²) < 4.78 is 19.6. The summed E-state index contributed by atoms with van der Waals surface area (Å²) in [4.78, 5) is 12.1. The minimum absolute atomic E-state index is 0.0596. The van der Waals surface area contributed by atoms with Gasteiger partial charge in [0.2, 0.25) is 0 Å². The summed E-state index contributed by atoms with van der Waals surface area (Å²) in [5, 5.41) is 10.5. The van der Waals surface area contributed by atoms with Crippen molar-refractivity contribution in [1.29, 1.82) is 0 Å². The number of para-hydroxylation sites is 1. The highest BCUT2D eigenvalue weighted by atomic mass is 35.5. The predicted octanol–water partition coefficient (Wildman–Crippen LogP) is 4.27. The minimum Gasteiger partial charge on any atom is -0.507 e. The van der Waals surface area contributed by atoms with Crippen molar-refractivity contribution in [3.63, 3.8) is 0 Å². The molecule has 0 amide bonds. The van der Waals surface area contributed by atoms with Gasteiger partial charge in [-0.2, -0.15) is 0 Å². The first-order chi connectivity index (χ1) is 9.97. The third kappa shape index (κ3) is 2.28. The number of hydrogen-bond donors (Lipinski definition) is 1. The van der Waals surface area contributed by atoms with Gasteiger partial charge in [0.05, 0.1) is 16.0 Å². The van der Waals surface area contributed by atoms with Gasteiger partial charge in [-0.3, -0.25) is 4.79 Å². The SMILES string of the molecule is Cc1cc(O)c(-c2cc(=O)c3cccc(Cl)c3o2)c(F)c1. The first kappa shape index (κ1) is 13.6. The fourth-order valence-corrected chi connectivity index (χ4v) is 2.45. The van der Waals surface area contributed by atoms with Crippen LogP contribution < -0.4 is 5.43 Å². The molecule has 1 aromatic heterocycles. The highest BCUT2D eigenvalue weighted by Gasteiger charge is 2.17. The van der Waals surface area contributed by atoms with Gasteiger partial charge in [0.15, 0.2) is 11.0 Å². The van der Waals surface area contributed by atoms with E-state index in [0.29, 0.717) is 10.9 Å². The average Bonchev–Trinajstić information content (AvgIpc) is 2.39. The molecule has 3 aromatic rings. The Bertz CT molecular complexity index is 892. The number of benzene rings is 2. The van der Waals surface area contributed by atoms with Gasteiger partial charge in [-0.25, -0.2) is 4.39 Å². The molecule has 0 atom stereocenters. The summed E-state index contributed by atoms with van der Waals surface area (Å²) >= 11 is 6.00. The smallest absolute Gasteiger partial charge is 0.193 e. The highest BCUT2D eigenvalue weighted by Crippen LogP contribution is 2.34. The lowest BCUT2D eigenvalue weighted by Crippen LogP contribution is -2.01. The van der Waals surface area contributed by atoms with Crippen LogP contribution in [0, 0.1) is 12.7 Å². The summed E-state index contributed by atoms with van der Waals surface area (Å²) in [5.41, 5.74) is 0.226. The van der Waals surface area contributed by atoms with Crippen molar-refractivity contribution in [2.75, 3.05) is 0 Å². The van der Waals surface area contributed by atoms with E-state index in [0.717, 1.165) is 6.07 Å². The monoisotopic (exact) mass is 304 g/mol. The Morgan fingerprint density at radius 2 is 2.00 bits per heavy atom. The van der Waals surface area contributed by atoms with E-state index in [1.807, 2.05) is 0 Å². The summed E-state index contributed by atoms with van der Waals surface area (Å²) in [5.74, 6) is -1.01. The molecule has 3 nitrogen and oxygen atoms in total. The van der Waals surface area contributed by atoms with Crippen molar-refractivity contribution in [3.8, 4) is 17.1 Å². The van der Waals surface area contributed by atoms with E-state index in [2.05, 4.69) is 0 Å². The summed E-state index contributed by atoms with van der Waals surface area (Å²) in [6.07, 6.45) is 0. The molecule has 5 heteroatoms. The average molecular weight is 305 g/mol. The topological polar surface area (TPSA) is 50.4 Å². The second-order valence-electron chi connectivity index (χ2n) is 4.73. The third-order valence-electron chi connectivity index (χ3n) is 3.17. The van der Waals surface area contributed by atoms with Gasteiger partial charge < -0.3 is 9.52 Å². The Balaban J connectivity index is 2.37. The van der Waals surface area contributed by atoms with Crippen molar-refractivity contribution in [2.45, 2.75) is 6.92 Å². The first-order valence-corrected chi connectivity index (χ1v) is 6.57. The molecule has 1 heterocycles. The quantitative estimate of drug-likeness (QED) is 0.730. The maximum absolute atomic E-state index is 14.1. The van der Waals surface area contributed by atoms with Crippen LogP contribution in [0.5, 0.6) is 5.75 Å². The lowest BCUT2D eigenvalue weighted by atomic mass is 10.1. The molecule has 1 N–H and O–H groups in total. The first-order valence-electron chi connectivity index (χ1n) is 6.19. The molecule has 0 aliphatic heterocycles. The van der Waals surface area contributed by atoms with Crippen LogP contribution in [0.1, 0.15) is 5.56 Å². The van der Waals surface area contributed by atoms with E-state index < -0.39 is 5.82 Å². The normalized spacial score (nSPS) is 11.0. The predicted molar refractivity (Wildman–Crippen MR) is 79.3 cm³/mol. The Morgan fingerprint density at radius 1 is 1.24 bits per heavy atom. The van der Waals surface area contributed by atoms with Crippen LogP contribution in [0.4, 0.5) is 4.39 Å². The number of rotatable bonds is 1. The zero-order valence-electron chi connectivity index (χ0n) is 11.0. The standard InChI is InChI=1S/C16H10ClFO3/c1-8-5-11(18)15(13(20)6-8)14-7-12(19)9-3-2-4-10(17)16(9)21-14/h2-7,20H,1H3. The van der Waals surface area contributed by atoms with Crippen molar-refractivity contribution in [2.24, 2.45) is 0 Å². The Hall–Kier alpha value is -2.33. The molecular formula is C16H10ClFO3. The zero-order chi connectivity index (χ0) is 15.1. The van der Waals surface area contributed by atoms with Crippen LogP contribution in [-0.2, 0) is 0 Å². The van der Waals surface area contributed by atoms with Gasteiger partial charge in [0.1, 0.15) is 17.3 Å². The largest absolute Gasteiger partial charge is 0.507 e. The molecule has 0 bridgehead atoms. The van der Waals surface area contributed by atoms with Gasteiger partial charge in [0, 0.05) is 6.07 Å². The van der Waals surface area contributed by atoms with Crippen molar-refractivity contribution in [3.05, 3.63) is 63.0 Å². The van der Waals surface area contributed by atoms with Crippen molar-refractivity contribution in [1.82, 2.24) is 0 Å². The van der Waals surface area contributed by atoms with E-state index in [9.17, 15) is 14.3 Å². The Labute approximate surface area is 124 Å². The van der Waals surface area contributed by atoms with E-state index in [4.69, 9.17) is 16.0 Å². The molecule has 0 fully saturated rings. The van der Waals surface area contributed by atoms with Crippen LogP contribution in [-0.4, -0.2) is 5.11 Å². The second kappa shape index (κ2) is 4.90. The van der Waals surface area contributed by atoms with E-state index in [1.54, 1.807) is 25.1 Å². The summed E-state index contributed by atoms with van der Waals surface area (Å²) in [6.45, 7) is 1.65. The van der Waals surface area contributed by atoms with E-state index in [-0.39, 0.29) is 33.1 Å². The second-order valence-corrected chi connectivity index (χ2v) is 5.14. The fourth-order valence-electron chi connectivity index (χ4n) is 2.23. The molecule has 0 aliphatic carbocycles. The van der Waals surface area contributed by atoms with Crippen LogP contribution in [0.15, 0.2) is 45.6 Å². The molecule has 2 aromatic carbocycles. The number of phenolic OH excluding ortho intramolecular Hbond substituents is 1. The Kier molecular flexibility index (Phi) is 3.18. The summed E-state index contributed by atoms with van der Waals surface area (Å²) in [7, 11) is 0. The molecule has 0 saturated heterocycles. The summed E-state index contributed by atoms with van der Waals surface area (Å²) in [6, 6.07) is 8.57. The number of phenols is 1. The minimum atomic E-state index is -0.665. The number of aryl methyl sites for hydroxylation is 1. The van der Waals surface area contributed by atoms with E-state index >= 15 is 0 Å². The number of fused-ring (bicyclic) bond motifs is 1. The van der Waals surface area contributed by atoms with Crippen LogP contribution >= 0.6 is 11.6 Å². The van der Waals surface area contributed by atoms with Gasteiger partial charge in [-0.1, -0.05) is 17.7 Å². The number of halogens is 2. The third-order valence-corrected chi connectivity index (χ3v) is 3.46. The molecule has 0 unspecified atom stereocenters. The zero-order valence-corrected chi connectivity index (χ0v) is 11.7. The van der Waals surface area contributed by atoms with Crippen molar-refractivity contribution < 1.29 is 13.9 Å². The van der Waals surface area contributed by atoms with E-state index in [1.165, 1.54) is 12.1 Å². The Morgan fingerprint density at radius 3 is 2.71 bits per heavy atom. The lowest BCUT2D eigenvalue weighted by molar-refractivity contribution is 0.467. The number of aromatic hydroxyl groups is 1. The fraction of sp³-hybridized carbons (Fsp3) is 0.0625. The number of hydrogen-bond acceptors (Lipinski definition) is 3. The molecule has 21 heavy (non-hydrogen) atoms. The maximum atomic E-state index is 14.1. The molecule has 0 spiro atoms. The lowest BCUT2D eigenvalue weighted by Gasteiger charge is -2.08. The molecule has 3 rings (SSSR count). The van der Waals surface area contributed by atoms with Crippen molar-refractivity contribution >= 4 is 22.6 Å². The van der Waals surface area contributed by atoms with Crippen LogP contribution in [0.25, 0.3) is 22.3 Å². The molecule has 0 radical (unpaired) electrons. The molecule has 106 valence electrons. The van der Waals surface area contributed by atoms with Gasteiger partial charge in [-0.15, -0.1) is 0 Å². The van der Waals surface area contributed by atoms with Gasteiger partial charge in [0.25, 0.3) is 0 Å².